The number of hydrogen-bond acceptors (Lipinski definition) is 1. The van der Waals surface area contributed by atoms with Gasteiger partial charge in [-0.2, -0.15) is 0 Å². The van der Waals surface area contributed by atoms with Gasteiger partial charge in [-0.1, -0.05) is 188 Å². The largest absolute Gasteiger partial charge is 0.310 e. The monoisotopic (exact) mass is 764 g/mol. The first kappa shape index (κ1) is 35.2. The summed E-state index contributed by atoms with van der Waals surface area (Å²) in [6.07, 6.45) is 0. The number of anilines is 3. The van der Waals surface area contributed by atoms with Crippen molar-refractivity contribution in [3.63, 3.8) is 0 Å². The number of rotatable bonds is 8. The van der Waals surface area contributed by atoms with E-state index in [9.17, 15) is 0 Å². The second kappa shape index (κ2) is 15.1. The van der Waals surface area contributed by atoms with Crippen molar-refractivity contribution in [2.24, 2.45) is 0 Å². The van der Waals surface area contributed by atoms with Gasteiger partial charge in [0.1, 0.15) is 0 Å². The van der Waals surface area contributed by atoms with Crippen LogP contribution in [0, 0.1) is 0 Å². The maximum atomic E-state index is 2.42. The SMILES string of the molecule is c1ccc(-c2ccc(-c3ccc(N(c4cccc(-c5c6ccccc6cc6c5c5ccccc5n6-c5ccccc5)c4)c4ccccc4-c4ccccc4)cc3)cc2)cc1. The minimum absolute atomic E-state index is 1.09. The molecule has 0 radical (unpaired) electrons. The van der Waals surface area contributed by atoms with Crippen LogP contribution in [0.5, 0.6) is 0 Å². The van der Waals surface area contributed by atoms with E-state index in [2.05, 4.69) is 252 Å². The van der Waals surface area contributed by atoms with Gasteiger partial charge in [-0.15, -0.1) is 0 Å². The van der Waals surface area contributed by atoms with Crippen LogP contribution in [-0.4, -0.2) is 4.57 Å². The second-order valence-electron chi connectivity index (χ2n) is 15.3. The van der Waals surface area contributed by atoms with Crippen LogP contribution in [0.2, 0.25) is 0 Å². The van der Waals surface area contributed by atoms with Crippen LogP contribution in [-0.2, 0) is 0 Å². The summed E-state index contributed by atoms with van der Waals surface area (Å²) < 4.78 is 2.42. The van der Waals surface area contributed by atoms with Crippen LogP contribution in [0.25, 0.3) is 82.8 Å². The first-order valence-corrected chi connectivity index (χ1v) is 20.6. The number of aromatic nitrogens is 1. The van der Waals surface area contributed by atoms with E-state index in [0.717, 1.165) is 22.7 Å². The fourth-order valence-electron chi connectivity index (χ4n) is 8.99. The Bertz CT molecular complexity index is 3270. The number of fused-ring (bicyclic) bond motifs is 4. The Balaban J connectivity index is 1.10. The van der Waals surface area contributed by atoms with E-state index in [-0.39, 0.29) is 0 Å². The average molecular weight is 765 g/mol. The summed E-state index contributed by atoms with van der Waals surface area (Å²) in [6.45, 7) is 0. The van der Waals surface area contributed by atoms with Crippen LogP contribution < -0.4 is 4.90 Å². The molecule has 11 aromatic rings. The summed E-state index contributed by atoms with van der Waals surface area (Å²) >= 11 is 0. The molecule has 0 aliphatic rings. The van der Waals surface area contributed by atoms with Crippen LogP contribution in [0.3, 0.4) is 0 Å². The van der Waals surface area contributed by atoms with Crippen molar-refractivity contribution < 1.29 is 0 Å². The highest BCUT2D eigenvalue weighted by atomic mass is 15.1. The Morgan fingerprint density at radius 3 is 1.57 bits per heavy atom. The van der Waals surface area contributed by atoms with Gasteiger partial charge in [-0.05, 0) is 104 Å². The molecule has 10 aromatic carbocycles. The van der Waals surface area contributed by atoms with E-state index < -0.39 is 0 Å². The molecule has 0 atom stereocenters. The maximum absolute atomic E-state index is 2.42. The highest BCUT2D eigenvalue weighted by Crippen LogP contribution is 2.46. The van der Waals surface area contributed by atoms with Gasteiger partial charge < -0.3 is 9.47 Å². The molecule has 60 heavy (non-hydrogen) atoms. The first-order chi connectivity index (χ1) is 29.8. The zero-order valence-electron chi connectivity index (χ0n) is 33.0. The molecule has 2 nitrogen and oxygen atoms in total. The predicted octanol–water partition coefficient (Wildman–Crippen LogP) is 16.1. The van der Waals surface area contributed by atoms with E-state index in [1.165, 1.54) is 77.1 Å². The molecule has 0 amide bonds. The number of hydrogen-bond donors (Lipinski definition) is 0. The standard InChI is InChI=1S/C58H40N2/c1-4-17-41(18-5-1)42-31-33-43(34-32-42)44-35-37-49(38-36-44)59(54-29-14-12-26-51(54)45-19-6-2-7-20-45)50-25-16-22-47(39-50)57-52-27-11-10-21-46(52)40-56-58(57)53-28-13-15-30-55(53)60(56)48-23-8-3-9-24-48/h1-40H. The molecular formula is C58H40N2. The lowest BCUT2D eigenvalue weighted by atomic mass is 9.92. The molecule has 0 bridgehead atoms. The van der Waals surface area contributed by atoms with Gasteiger partial charge in [0.15, 0.2) is 0 Å². The number of nitrogens with zero attached hydrogens (tertiary/aromatic N) is 2. The van der Waals surface area contributed by atoms with Gasteiger partial charge in [0.2, 0.25) is 0 Å². The molecule has 11 rings (SSSR count). The van der Waals surface area contributed by atoms with E-state index in [1.807, 2.05) is 0 Å². The van der Waals surface area contributed by atoms with Crippen molar-refractivity contribution in [2.75, 3.05) is 4.90 Å². The van der Waals surface area contributed by atoms with Crippen molar-refractivity contribution in [1.82, 2.24) is 4.57 Å². The van der Waals surface area contributed by atoms with Gasteiger partial charge in [0.25, 0.3) is 0 Å². The normalized spacial score (nSPS) is 11.3. The lowest BCUT2D eigenvalue weighted by Gasteiger charge is -2.28. The first-order valence-electron chi connectivity index (χ1n) is 20.6. The summed E-state index contributed by atoms with van der Waals surface area (Å²) in [4.78, 5) is 2.42. The van der Waals surface area contributed by atoms with Crippen molar-refractivity contribution >= 4 is 49.6 Å². The lowest BCUT2D eigenvalue weighted by Crippen LogP contribution is -2.11. The highest BCUT2D eigenvalue weighted by molar-refractivity contribution is 6.23. The number of benzene rings is 10. The summed E-state index contributed by atoms with van der Waals surface area (Å²) in [6, 6.07) is 87.8. The minimum Gasteiger partial charge on any atom is -0.310 e. The van der Waals surface area contributed by atoms with Crippen molar-refractivity contribution in [2.45, 2.75) is 0 Å². The quantitative estimate of drug-likeness (QED) is 0.150. The summed E-state index contributed by atoms with van der Waals surface area (Å²) in [7, 11) is 0. The molecule has 0 fully saturated rings. The van der Waals surface area contributed by atoms with Gasteiger partial charge in [0, 0.05) is 33.4 Å². The van der Waals surface area contributed by atoms with Crippen LogP contribution >= 0.6 is 0 Å². The summed E-state index contributed by atoms with van der Waals surface area (Å²) in [5, 5.41) is 4.94. The Morgan fingerprint density at radius 2 is 0.850 bits per heavy atom. The van der Waals surface area contributed by atoms with Crippen molar-refractivity contribution in [1.29, 1.82) is 0 Å². The second-order valence-corrected chi connectivity index (χ2v) is 15.3. The molecule has 0 N–H and O–H groups in total. The Labute approximate surface area is 350 Å². The smallest absolute Gasteiger partial charge is 0.0553 e. The van der Waals surface area contributed by atoms with Crippen molar-refractivity contribution in [3.05, 3.63) is 243 Å². The zero-order valence-corrected chi connectivity index (χ0v) is 33.0. The molecule has 1 heterocycles. The van der Waals surface area contributed by atoms with Gasteiger partial charge in [-0.3, -0.25) is 0 Å². The maximum Gasteiger partial charge on any atom is 0.0553 e. The van der Waals surface area contributed by atoms with Crippen LogP contribution in [0.15, 0.2) is 243 Å². The third-order valence-corrected chi connectivity index (χ3v) is 11.8. The van der Waals surface area contributed by atoms with E-state index in [0.29, 0.717) is 0 Å². The zero-order chi connectivity index (χ0) is 39.8. The number of para-hydroxylation sites is 3. The van der Waals surface area contributed by atoms with Gasteiger partial charge in [-0.25, -0.2) is 0 Å². The van der Waals surface area contributed by atoms with Gasteiger partial charge >= 0.3 is 0 Å². The van der Waals surface area contributed by atoms with Gasteiger partial charge in [0.05, 0.1) is 16.7 Å². The average Bonchev–Trinajstić information content (AvgIpc) is 3.66. The minimum atomic E-state index is 1.09. The molecule has 0 saturated carbocycles. The fourth-order valence-corrected chi connectivity index (χ4v) is 8.99. The molecule has 1 aromatic heterocycles. The van der Waals surface area contributed by atoms with E-state index >= 15 is 0 Å². The Kier molecular flexibility index (Phi) is 8.87. The third kappa shape index (κ3) is 6.23. The fraction of sp³-hybridized carbons (Fsp3) is 0. The molecule has 2 heteroatoms. The summed E-state index contributed by atoms with van der Waals surface area (Å²) in [5.74, 6) is 0. The van der Waals surface area contributed by atoms with Crippen molar-refractivity contribution in [3.8, 4) is 50.2 Å². The molecule has 0 spiro atoms. The van der Waals surface area contributed by atoms with E-state index in [4.69, 9.17) is 0 Å². The van der Waals surface area contributed by atoms with Crippen LogP contribution in [0.1, 0.15) is 0 Å². The molecule has 0 unspecified atom stereocenters. The van der Waals surface area contributed by atoms with Crippen LogP contribution in [0.4, 0.5) is 17.1 Å². The van der Waals surface area contributed by atoms with E-state index in [1.54, 1.807) is 0 Å². The highest BCUT2D eigenvalue weighted by Gasteiger charge is 2.22. The predicted molar refractivity (Wildman–Crippen MR) is 255 cm³/mol. The molecule has 0 aliphatic carbocycles. The molecule has 0 saturated heterocycles. The molecular weight excluding hydrogens is 725 g/mol. The Hall–Kier alpha value is -7.94. The third-order valence-electron chi connectivity index (χ3n) is 11.8. The topological polar surface area (TPSA) is 8.17 Å². The Morgan fingerprint density at radius 1 is 0.317 bits per heavy atom. The molecule has 282 valence electrons. The molecule has 0 aliphatic heterocycles. The lowest BCUT2D eigenvalue weighted by molar-refractivity contribution is 1.18. The summed E-state index contributed by atoms with van der Waals surface area (Å²) in [5.41, 5.74) is 16.4.